The molecule has 1 aromatic heterocycles. The highest BCUT2D eigenvalue weighted by molar-refractivity contribution is 5.45. The van der Waals surface area contributed by atoms with E-state index in [4.69, 9.17) is 10.8 Å². The fourth-order valence-electron chi connectivity index (χ4n) is 0.850. The van der Waals surface area contributed by atoms with E-state index in [2.05, 4.69) is 16.8 Å². The van der Waals surface area contributed by atoms with Crippen molar-refractivity contribution in [3.8, 4) is 11.8 Å². The van der Waals surface area contributed by atoms with Crippen molar-refractivity contribution in [3.05, 3.63) is 23.5 Å². The van der Waals surface area contributed by atoms with Gasteiger partial charge in [0.2, 0.25) is 0 Å². The lowest BCUT2D eigenvalue weighted by atomic mass is 10.2. The molecule has 0 radical (unpaired) electrons. The fourth-order valence-corrected chi connectivity index (χ4v) is 0.850. The minimum absolute atomic E-state index is 0.0843. The summed E-state index contributed by atoms with van der Waals surface area (Å²) in [7, 11) is 0. The summed E-state index contributed by atoms with van der Waals surface area (Å²) in [5.41, 5.74) is 7.75. The largest absolute Gasteiger partial charge is 0.397 e. The molecule has 0 aliphatic rings. The standard InChI is InChI=1S/C10H12N2O/c1-8-10(11)6-5-9(12-8)4-2-3-7-13/h5-6,13H,3,7,11H2,1H3. The molecule has 3 N–H and O–H groups in total. The highest BCUT2D eigenvalue weighted by Crippen LogP contribution is 2.06. The lowest BCUT2D eigenvalue weighted by Gasteiger charge is -1.97. The molecule has 13 heavy (non-hydrogen) atoms. The van der Waals surface area contributed by atoms with Crippen molar-refractivity contribution in [2.45, 2.75) is 13.3 Å². The van der Waals surface area contributed by atoms with Crippen LogP contribution in [0, 0.1) is 18.8 Å². The summed E-state index contributed by atoms with van der Waals surface area (Å²) in [4.78, 5) is 4.16. The van der Waals surface area contributed by atoms with Gasteiger partial charge in [0, 0.05) is 6.42 Å². The summed E-state index contributed by atoms with van der Waals surface area (Å²) < 4.78 is 0. The normalized spacial score (nSPS) is 9.08. The van der Waals surface area contributed by atoms with Crippen molar-refractivity contribution in [3.63, 3.8) is 0 Å². The maximum Gasteiger partial charge on any atom is 0.113 e. The first kappa shape index (κ1) is 9.56. The molecule has 1 aromatic rings. The highest BCUT2D eigenvalue weighted by atomic mass is 16.2. The zero-order valence-electron chi connectivity index (χ0n) is 7.54. The van der Waals surface area contributed by atoms with Crippen LogP contribution in [0.4, 0.5) is 5.69 Å². The van der Waals surface area contributed by atoms with Gasteiger partial charge in [-0.15, -0.1) is 0 Å². The van der Waals surface area contributed by atoms with Gasteiger partial charge < -0.3 is 10.8 Å². The van der Waals surface area contributed by atoms with E-state index in [1.807, 2.05) is 6.92 Å². The van der Waals surface area contributed by atoms with Gasteiger partial charge in [-0.25, -0.2) is 4.98 Å². The SMILES string of the molecule is Cc1nc(C#CCCO)ccc1N. The molecule has 3 nitrogen and oxygen atoms in total. The van der Waals surface area contributed by atoms with Gasteiger partial charge in [-0.1, -0.05) is 5.92 Å². The maximum absolute atomic E-state index is 8.50. The van der Waals surface area contributed by atoms with Crippen LogP contribution >= 0.6 is 0 Å². The molecule has 68 valence electrons. The average molecular weight is 176 g/mol. The molecule has 0 unspecified atom stereocenters. The van der Waals surface area contributed by atoms with Crippen molar-refractivity contribution in [2.24, 2.45) is 0 Å². The van der Waals surface area contributed by atoms with Crippen LogP contribution in [0.5, 0.6) is 0 Å². The zero-order valence-corrected chi connectivity index (χ0v) is 7.54. The number of anilines is 1. The molecule has 0 saturated heterocycles. The van der Waals surface area contributed by atoms with E-state index in [1.54, 1.807) is 12.1 Å². The molecule has 0 aromatic carbocycles. The van der Waals surface area contributed by atoms with Crippen molar-refractivity contribution in [1.82, 2.24) is 4.98 Å². The third-order valence-electron chi connectivity index (χ3n) is 1.58. The van der Waals surface area contributed by atoms with Crippen LogP contribution in [-0.4, -0.2) is 16.7 Å². The first-order chi connectivity index (χ1) is 6.24. The van der Waals surface area contributed by atoms with Crippen molar-refractivity contribution >= 4 is 5.69 Å². The number of aromatic nitrogens is 1. The Kier molecular flexibility index (Phi) is 3.30. The summed E-state index contributed by atoms with van der Waals surface area (Å²) in [6, 6.07) is 3.55. The topological polar surface area (TPSA) is 59.1 Å². The van der Waals surface area contributed by atoms with E-state index in [9.17, 15) is 0 Å². The zero-order chi connectivity index (χ0) is 9.68. The summed E-state index contributed by atoms with van der Waals surface area (Å²) in [5.74, 6) is 5.63. The van der Waals surface area contributed by atoms with Crippen LogP contribution < -0.4 is 5.73 Å². The Morgan fingerprint density at radius 1 is 1.54 bits per heavy atom. The molecule has 0 aliphatic heterocycles. The molecule has 0 amide bonds. The molecule has 0 fully saturated rings. The summed E-state index contributed by atoms with van der Waals surface area (Å²) in [6.45, 7) is 1.92. The minimum Gasteiger partial charge on any atom is -0.397 e. The van der Waals surface area contributed by atoms with E-state index >= 15 is 0 Å². The van der Waals surface area contributed by atoms with E-state index in [0.29, 0.717) is 17.8 Å². The van der Waals surface area contributed by atoms with Gasteiger partial charge in [-0.05, 0) is 25.0 Å². The fraction of sp³-hybridized carbons (Fsp3) is 0.300. The molecule has 0 saturated carbocycles. The Bertz CT molecular complexity index is 350. The van der Waals surface area contributed by atoms with Gasteiger partial charge in [0.05, 0.1) is 18.0 Å². The Morgan fingerprint density at radius 3 is 2.92 bits per heavy atom. The number of hydrogen-bond acceptors (Lipinski definition) is 3. The first-order valence-corrected chi connectivity index (χ1v) is 4.07. The second kappa shape index (κ2) is 4.48. The van der Waals surface area contributed by atoms with Crippen LogP contribution in [0.25, 0.3) is 0 Å². The third kappa shape index (κ3) is 2.77. The van der Waals surface area contributed by atoms with Crippen LogP contribution in [0.1, 0.15) is 17.8 Å². The van der Waals surface area contributed by atoms with Crippen molar-refractivity contribution < 1.29 is 5.11 Å². The van der Waals surface area contributed by atoms with E-state index < -0.39 is 0 Å². The second-order valence-corrected chi connectivity index (χ2v) is 2.65. The number of nitrogen functional groups attached to an aromatic ring is 1. The Hall–Kier alpha value is -1.53. The Balaban J connectivity index is 2.81. The summed E-state index contributed by atoms with van der Waals surface area (Å²) in [5, 5.41) is 8.50. The van der Waals surface area contributed by atoms with E-state index in [-0.39, 0.29) is 6.61 Å². The lowest BCUT2D eigenvalue weighted by molar-refractivity contribution is 0.305. The maximum atomic E-state index is 8.50. The molecule has 1 rings (SSSR count). The predicted molar refractivity (Wildman–Crippen MR) is 52.0 cm³/mol. The van der Waals surface area contributed by atoms with Gasteiger partial charge in [-0.2, -0.15) is 0 Å². The van der Waals surface area contributed by atoms with Crippen LogP contribution in [0.3, 0.4) is 0 Å². The Morgan fingerprint density at radius 2 is 2.31 bits per heavy atom. The number of aliphatic hydroxyl groups is 1. The number of nitrogens with zero attached hydrogens (tertiary/aromatic N) is 1. The van der Waals surface area contributed by atoms with Gasteiger partial charge >= 0.3 is 0 Å². The lowest BCUT2D eigenvalue weighted by Crippen LogP contribution is -1.94. The number of rotatable bonds is 1. The molecule has 3 heteroatoms. The molecular weight excluding hydrogens is 164 g/mol. The van der Waals surface area contributed by atoms with E-state index in [0.717, 1.165) is 5.69 Å². The quantitative estimate of drug-likeness (QED) is 0.619. The monoisotopic (exact) mass is 176 g/mol. The number of nitrogens with two attached hydrogens (primary N) is 1. The molecule has 0 bridgehead atoms. The predicted octanol–water partition coefficient (Wildman–Crippen LogP) is 0.706. The average Bonchev–Trinajstić information content (AvgIpc) is 2.12. The number of pyridine rings is 1. The van der Waals surface area contributed by atoms with Crippen molar-refractivity contribution in [2.75, 3.05) is 12.3 Å². The smallest absolute Gasteiger partial charge is 0.113 e. The summed E-state index contributed by atoms with van der Waals surface area (Å²) in [6.07, 6.45) is 0.477. The minimum atomic E-state index is 0.0843. The molecule has 0 spiro atoms. The molecular formula is C10H12N2O. The van der Waals surface area contributed by atoms with Gasteiger partial charge in [0.25, 0.3) is 0 Å². The second-order valence-electron chi connectivity index (χ2n) is 2.65. The first-order valence-electron chi connectivity index (χ1n) is 4.07. The van der Waals surface area contributed by atoms with Crippen LogP contribution in [0.2, 0.25) is 0 Å². The molecule has 0 aliphatic carbocycles. The van der Waals surface area contributed by atoms with Gasteiger partial charge in [0.15, 0.2) is 0 Å². The Labute approximate surface area is 77.6 Å². The summed E-state index contributed by atoms with van der Waals surface area (Å²) >= 11 is 0. The molecule has 0 atom stereocenters. The number of aryl methyl sites for hydroxylation is 1. The van der Waals surface area contributed by atoms with Crippen LogP contribution in [0.15, 0.2) is 12.1 Å². The van der Waals surface area contributed by atoms with Crippen LogP contribution in [-0.2, 0) is 0 Å². The van der Waals surface area contributed by atoms with E-state index in [1.165, 1.54) is 0 Å². The van der Waals surface area contributed by atoms with Gasteiger partial charge in [-0.3, -0.25) is 0 Å². The third-order valence-corrected chi connectivity index (χ3v) is 1.58. The number of aliphatic hydroxyl groups excluding tert-OH is 1. The van der Waals surface area contributed by atoms with Gasteiger partial charge in [0.1, 0.15) is 5.69 Å². The highest BCUT2D eigenvalue weighted by Gasteiger charge is 1.94. The molecule has 1 heterocycles. The van der Waals surface area contributed by atoms with Crippen molar-refractivity contribution in [1.29, 1.82) is 0 Å². The number of hydrogen-bond donors (Lipinski definition) is 2.